The molecule has 9 heteroatoms. The van der Waals surface area contributed by atoms with Crippen LogP contribution >= 0.6 is 23.2 Å². The van der Waals surface area contributed by atoms with Crippen molar-refractivity contribution >= 4 is 44.8 Å². The molecule has 0 N–H and O–H groups in total. The summed E-state index contributed by atoms with van der Waals surface area (Å²) in [6.07, 6.45) is 0.236. The predicted molar refractivity (Wildman–Crippen MR) is 130 cm³/mol. The zero-order valence-electron chi connectivity index (χ0n) is 17.9. The number of ether oxygens (including phenoxy) is 2. The first-order valence-corrected chi connectivity index (χ1v) is 12.5. The van der Waals surface area contributed by atoms with Crippen molar-refractivity contribution in [2.45, 2.75) is 24.7 Å². The molecule has 6 nitrogen and oxygen atoms in total. The molecule has 0 heterocycles. The predicted octanol–water partition coefficient (Wildman–Crippen LogP) is 5.97. The molecule has 0 bridgehead atoms. The summed E-state index contributed by atoms with van der Waals surface area (Å²) in [5, 5.41) is 0.844. The number of hydrogen-bond acceptors (Lipinski definition) is 5. The summed E-state index contributed by atoms with van der Waals surface area (Å²) < 4.78 is 38.5. The van der Waals surface area contributed by atoms with E-state index in [1.54, 1.807) is 60.7 Å². The van der Waals surface area contributed by atoms with Crippen LogP contribution in [0, 0.1) is 0 Å². The van der Waals surface area contributed by atoms with E-state index in [1.165, 1.54) is 12.1 Å². The standard InChI is InChI=1S/C24H23Cl2NO5S/c1-2-31-20-13-11-19(12-14-20)27(33(29,30)21-7-4-3-5-8-21)24(28)9-6-16-32-23-15-10-18(25)17-22(23)26/h3-5,7-8,10-15,17H,2,6,9,16H2,1H3. The van der Waals surface area contributed by atoms with E-state index in [2.05, 4.69) is 0 Å². The Bertz CT molecular complexity index is 1190. The molecule has 0 radical (unpaired) electrons. The highest BCUT2D eigenvalue weighted by molar-refractivity contribution is 7.93. The summed E-state index contributed by atoms with van der Waals surface area (Å²) in [6.45, 7) is 2.50. The van der Waals surface area contributed by atoms with Crippen LogP contribution in [0.3, 0.4) is 0 Å². The molecule has 0 saturated heterocycles. The van der Waals surface area contributed by atoms with Crippen LogP contribution in [0.5, 0.6) is 11.5 Å². The molecule has 1 amide bonds. The van der Waals surface area contributed by atoms with Crippen LogP contribution in [0.15, 0.2) is 77.7 Å². The lowest BCUT2D eigenvalue weighted by atomic mass is 10.2. The Morgan fingerprint density at radius 1 is 0.939 bits per heavy atom. The lowest BCUT2D eigenvalue weighted by molar-refractivity contribution is -0.117. The Labute approximate surface area is 203 Å². The van der Waals surface area contributed by atoms with Gasteiger partial charge >= 0.3 is 0 Å². The van der Waals surface area contributed by atoms with Crippen molar-refractivity contribution in [2.24, 2.45) is 0 Å². The molecule has 3 aromatic carbocycles. The number of hydrogen-bond donors (Lipinski definition) is 0. The molecule has 3 aromatic rings. The number of carbonyl (C=O) groups is 1. The summed E-state index contributed by atoms with van der Waals surface area (Å²) in [7, 11) is -4.11. The van der Waals surface area contributed by atoms with E-state index in [4.69, 9.17) is 32.7 Å². The van der Waals surface area contributed by atoms with Gasteiger partial charge in [0, 0.05) is 11.4 Å². The fourth-order valence-electron chi connectivity index (χ4n) is 3.06. The van der Waals surface area contributed by atoms with Gasteiger partial charge in [0.15, 0.2) is 0 Å². The second-order valence-electron chi connectivity index (χ2n) is 6.93. The van der Waals surface area contributed by atoms with Crippen LogP contribution in [0.1, 0.15) is 19.8 Å². The van der Waals surface area contributed by atoms with Crippen LogP contribution in [0.4, 0.5) is 5.69 Å². The maximum absolute atomic E-state index is 13.3. The number of rotatable bonds is 10. The molecule has 174 valence electrons. The van der Waals surface area contributed by atoms with E-state index < -0.39 is 15.9 Å². The maximum atomic E-state index is 13.3. The van der Waals surface area contributed by atoms with Gasteiger partial charge in [-0.15, -0.1) is 0 Å². The molecule has 0 atom stereocenters. The molecule has 33 heavy (non-hydrogen) atoms. The molecule has 0 aliphatic carbocycles. The van der Waals surface area contributed by atoms with Crippen molar-refractivity contribution in [1.82, 2.24) is 0 Å². The molecule has 0 unspecified atom stereocenters. The van der Waals surface area contributed by atoms with E-state index in [9.17, 15) is 13.2 Å². The first-order valence-electron chi connectivity index (χ1n) is 10.3. The van der Waals surface area contributed by atoms with Crippen LogP contribution < -0.4 is 13.8 Å². The van der Waals surface area contributed by atoms with Crippen LogP contribution in [-0.4, -0.2) is 27.5 Å². The summed E-state index contributed by atoms with van der Waals surface area (Å²) in [4.78, 5) is 13.1. The molecule has 0 fully saturated rings. The Hall–Kier alpha value is -2.74. The second-order valence-corrected chi connectivity index (χ2v) is 9.56. The number of benzene rings is 3. The smallest absolute Gasteiger partial charge is 0.270 e. The number of amides is 1. The molecular weight excluding hydrogens is 485 g/mol. The number of nitrogens with zero attached hydrogens (tertiary/aromatic N) is 1. The molecule has 0 saturated carbocycles. The van der Waals surface area contributed by atoms with Gasteiger partial charge in [0.25, 0.3) is 10.0 Å². The molecule has 0 aromatic heterocycles. The summed E-state index contributed by atoms with van der Waals surface area (Å²) in [5.74, 6) is 0.446. The quantitative estimate of drug-likeness (QED) is 0.316. The van der Waals surface area contributed by atoms with Gasteiger partial charge in [0.2, 0.25) is 5.91 Å². The minimum atomic E-state index is -4.11. The third kappa shape index (κ3) is 6.41. The average molecular weight is 508 g/mol. The Balaban J connectivity index is 1.77. The fourth-order valence-corrected chi connectivity index (χ4v) is 4.99. The summed E-state index contributed by atoms with van der Waals surface area (Å²) in [5.41, 5.74) is 0.231. The number of halogens is 2. The van der Waals surface area contributed by atoms with E-state index in [1.807, 2.05) is 6.92 Å². The highest BCUT2D eigenvalue weighted by Gasteiger charge is 2.30. The zero-order chi connectivity index (χ0) is 23.8. The van der Waals surface area contributed by atoms with Gasteiger partial charge in [0.05, 0.1) is 28.8 Å². The Kier molecular flexibility index (Phi) is 8.61. The first kappa shape index (κ1) is 24.9. The van der Waals surface area contributed by atoms with Crippen LogP contribution in [-0.2, 0) is 14.8 Å². The van der Waals surface area contributed by atoms with E-state index in [0.717, 1.165) is 4.31 Å². The molecule has 0 spiro atoms. The van der Waals surface area contributed by atoms with Crippen LogP contribution in [0.2, 0.25) is 10.0 Å². The van der Waals surface area contributed by atoms with E-state index >= 15 is 0 Å². The van der Waals surface area contributed by atoms with Crippen molar-refractivity contribution in [3.8, 4) is 11.5 Å². The summed E-state index contributed by atoms with van der Waals surface area (Å²) >= 11 is 12.0. The van der Waals surface area contributed by atoms with Gasteiger partial charge in [-0.3, -0.25) is 4.79 Å². The van der Waals surface area contributed by atoms with Crippen molar-refractivity contribution in [3.05, 3.63) is 82.8 Å². The first-order chi connectivity index (χ1) is 15.8. The minimum Gasteiger partial charge on any atom is -0.494 e. The molecule has 0 aliphatic rings. The highest BCUT2D eigenvalue weighted by atomic mass is 35.5. The minimum absolute atomic E-state index is 0.0245. The zero-order valence-corrected chi connectivity index (χ0v) is 20.2. The van der Waals surface area contributed by atoms with Crippen LogP contribution in [0.25, 0.3) is 0 Å². The van der Waals surface area contributed by atoms with Crippen molar-refractivity contribution in [2.75, 3.05) is 17.5 Å². The second kappa shape index (κ2) is 11.4. The van der Waals surface area contributed by atoms with Gasteiger partial charge in [-0.25, -0.2) is 12.7 Å². The Morgan fingerprint density at radius 3 is 2.27 bits per heavy atom. The Morgan fingerprint density at radius 2 is 1.64 bits per heavy atom. The topological polar surface area (TPSA) is 72.9 Å². The molecule has 3 rings (SSSR count). The van der Waals surface area contributed by atoms with Gasteiger partial charge < -0.3 is 9.47 Å². The van der Waals surface area contributed by atoms with E-state index in [-0.39, 0.29) is 30.0 Å². The van der Waals surface area contributed by atoms with Gasteiger partial charge in [-0.2, -0.15) is 0 Å². The largest absolute Gasteiger partial charge is 0.494 e. The molecule has 0 aliphatic heterocycles. The number of carbonyl (C=O) groups excluding carboxylic acids is 1. The van der Waals surface area contributed by atoms with Crippen molar-refractivity contribution in [3.63, 3.8) is 0 Å². The normalized spacial score (nSPS) is 11.1. The van der Waals surface area contributed by atoms with Gasteiger partial charge in [-0.1, -0.05) is 41.4 Å². The summed E-state index contributed by atoms with van der Waals surface area (Å²) in [6, 6.07) is 19.0. The highest BCUT2D eigenvalue weighted by Crippen LogP contribution is 2.29. The van der Waals surface area contributed by atoms with E-state index in [0.29, 0.717) is 28.2 Å². The lowest BCUT2D eigenvalue weighted by Crippen LogP contribution is -2.37. The SMILES string of the molecule is CCOc1ccc(N(C(=O)CCCOc2ccc(Cl)cc2Cl)S(=O)(=O)c2ccccc2)cc1. The molecular formula is C24H23Cl2NO5S. The number of sulfonamides is 1. The fraction of sp³-hybridized carbons (Fsp3) is 0.208. The lowest BCUT2D eigenvalue weighted by Gasteiger charge is -2.23. The monoisotopic (exact) mass is 507 g/mol. The van der Waals surface area contributed by atoms with Gasteiger partial charge in [-0.05, 0) is 67.9 Å². The third-order valence-electron chi connectivity index (χ3n) is 4.58. The van der Waals surface area contributed by atoms with Gasteiger partial charge in [0.1, 0.15) is 11.5 Å². The average Bonchev–Trinajstić information content (AvgIpc) is 2.80. The van der Waals surface area contributed by atoms with Crippen molar-refractivity contribution in [1.29, 1.82) is 0 Å². The third-order valence-corrected chi connectivity index (χ3v) is 6.87. The maximum Gasteiger partial charge on any atom is 0.270 e. The number of anilines is 1. The van der Waals surface area contributed by atoms with Crippen molar-refractivity contribution < 1.29 is 22.7 Å².